The number of ether oxygens (including phenoxy) is 2. The second-order valence-corrected chi connectivity index (χ2v) is 6.99. The lowest BCUT2D eigenvalue weighted by Gasteiger charge is -2.34. The van der Waals surface area contributed by atoms with Crippen molar-refractivity contribution in [2.24, 2.45) is 0 Å². The molecule has 0 radical (unpaired) electrons. The molecule has 140 valence electrons. The standard InChI is InChI=1S/C23H21N3O2/c1-27-19-9-8-16-12-18(7-6-17(16)13-19)22-15-26(10-11-28-22)23-14-24-20-4-2-3-5-21(20)25-23/h2-9,12-14,22H,10-11,15H2,1H3/t22-/m0/s1. The Kier molecular flexibility index (Phi) is 4.29. The zero-order valence-electron chi connectivity index (χ0n) is 15.7. The molecule has 1 atom stereocenters. The minimum atomic E-state index is 0.00789. The van der Waals surface area contributed by atoms with Crippen molar-refractivity contribution in [2.75, 3.05) is 31.7 Å². The smallest absolute Gasteiger partial charge is 0.148 e. The lowest BCUT2D eigenvalue weighted by Crippen LogP contribution is -2.38. The van der Waals surface area contributed by atoms with Crippen LogP contribution in [0.25, 0.3) is 21.8 Å². The summed E-state index contributed by atoms with van der Waals surface area (Å²) in [7, 11) is 1.69. The Bertz CT molecular complexity index is 1140. The van der Waals surface area contributed by atoms with Gasteiger partial charge in [0.25, 0.3) is 0 Å². The first-order valence-electron chi connectivity index (χ1n) is 9.46. The third kappa shape index (κ3) is 3.14. The molecule has 28 heavy (non-hydrogen) atoms. The molecule has 0 N–H and O–H groups in total. The quantitative estimate of drug-likeness (QED) is 0.535. The predicted octanol–water partition coefficient (Wildman–Crippen LogP) is 4.37. The maximum absolute atomic E-state index is 6.08. The van der Waals surface area contributed by atoms with Gasteiger partial charge in [-0.3, -0.25) is 4.98 Å². The molecule has 0 saturated carbocycles. The molecule has 5 rings (SSSR count). The SMILES string of the molecule is COc1ccc2cc([C@@H]3CN(c4cnc5ccccc5n4)CCO3)ccc2c1. The van der Waals surface area contributed by atoms with E-state index in [2.05, 4.69) is 40.2 Å². The number of morpholine rings is 1. The fourth-order valence-corrected chi connectivity index (χ4v) is 3.73. The van der Waals surface area contributed by atoms with Crippen LogP contribution in [-0.2, 0) is 4.74 Å². The predicted molar refractivity (Wildman–Crippen MR) is 111 cm³/mol. The molecule has 1 fully saturated rings. The van der Waals surface area contributed by atoms with Crippen LogP contribution in [0.4, 0.5) is 5.82 Å². The summed E-state index contributed by atoms with van der Waals surface area (Å²) in [5.74, 6) is 1.77. The van der Waals surface area contributed by atoms with Crippen LogP contribution < -0.4 is 9.64 Å². The third-order valence-corrected chi connectivity index (χ3v) is 5.27. The Balaban J connectivity index is 1.42. The molecule has 5 nitrogen and oxygen atoms in total. The highest BCUT2D eigenvalue weighted by Gasteiger charge is 2.23. The molecule has 0 bridgehead atoms. The molecule has 1 aliphatic rings. The highest BCUT2D eigenvalue weighted by atomic mass is 16.5. The van der Waals surface area contributed by atoms with E-state index in [1.807, 2.05) is 36.5 Å². The number of nitrogens with zero attached hydrogens (tertiary/aromatic N) is 3. The molecule has 1 aromatic heterocycles. The first kappa shape index (κ1) is 17.0. The largest absolute Gasteiger partial charge is 0.497 e. The maximum atomic E-state index is 6.08. The molecule has 0 spiro atoms. The zero-order chi connectivity index (χ0) is 18.9. The monoisotopic (exact) mass is 371 g/mol. The van der Waals surface area contributed by atoms with E-state index in [9.17, 15) is 0 Å². The van der Waals surface area contributed by atoms with E-state index in [4.69, 9.17) is 14.5 Å². The second-order valence-electron chi connectivity index (χ2n) is 6.99. The highest BCUT2D eigenvalue weighted by Crippen LogP contribution is 2.29. The Hall–Kier alpha value is -3.18. The summed E-state index contributed by atoms with van der Waals surface area (Å²) in [6.45, 7) is 2.24. The summed E-state index contributed by atoms with van der Waals surface area (Å²) in [6, 6.07) is 20.6. The molecule has 4 aromatic rings. The number of hydrogen-bond donors (Lipinski definition) is 0. The van der Waals surface area contributed by atoms with Gasteiger partial charge < -0.3 is 14.4 Å². The van der Waals surface area contributed by atoms with Crippen molar-refractivity contribution in [3.8, 4) is 5.75 Å². The fourth-order valence-electron chi connectivity index (χ4n) is 3.73. The summed E-state index contributed by atoms with van der Waals surface area (Å²) < 4.78 is 11.4. The van der Waals surface area contributed by atoms with Crippen LogP contribution >= 0.6 is 0 Å². The first-order valence-corrected chi connectivity index (χ1v) is 9.46. The van der Waals surface area contributed by atoms with Gasteiger partial charge in [0.2, 0.25) is 0 Å². The van der Waals surface area contributed by atoms with Gasteiger partial charge in [-0.15, -0.1) is 0 Å². The lowest BCUT2D eigenvalue weighted by atomic mass is 10.0. The fraction of sp³-hybridized carbons (Fsp3) is 0.217. The Morgan fingerprint density at radius 1 is 1.00 bits per heavy atom. The summed E-state index contributed by atoms with van der Waals surface area (Å²) >= 11 is 0. The minimum Gasteiger partial charge on any atom is -0.497 e. The minimum absolute atomic E-state index is 0.00789. The molecule has 5 heteroatoms. The van der Waals surface area contributed by atoms with Crippen molar-refractivity contribution in [3.63, 3.8) is 0 Å². The Morgan fingerprint density at radius 3 is 2.71 bits per heavy atom. The van der Waals surface area contributed by atoms with Crippen molar-refractivity contribution in [2.45, 2.75) is 6.10 Å². The molecule has 3 aromatic carbocycles. The van der Waals surface area contributed by atoms with Gasteiger partial charge in [0, 0.05) is 13.1 Å². The molecular weight excluding hydrogens is 350 g/mol. The molecule has 1 saturated heterocycles. The number of anilines is 1. The number of hydrogen-bond acceptors (Lipinski definition) is 5. The Morgan fingerprint density at radius 2 is 1.82 bits per heavy atom. The first-order chi connectivity index (χ1) is 13.8. The molecule has 0 amide bonds. The van der Waals surface area contributed by atoms with Gasteiger partial charge in [-0.05, 0) is 46.7 Å². The second kappa shape index (κ2) is 7.09. The average Bonchev–Trinajstić information content (AvgIpc) is 2.78. The van der Waals surface area contributed by atoms with Crippen molar-refractivity contribution in [1.82, 2.24) is 9.97 Å². The van der Waals surface area contributed by atoms with Crippen LogP contribution in [0.2, 0.25) is 0 Å². The highest BCUT2D eigenvalue weighted by molar-refractivity contribution is 5.84. The lowest BCUT2D eigenvalue weighted by molar-refractivity contribution is 0.0396. The van der Waals surface area contributed by atoms with Crippen LogP contribution in [0, 0.1) is 0 Å². The van der Waals surface area contributed by atoms with Gasteiger partial charge in [0.05, 0.1) is 30.9 Å². The summed E-state index contributed by atoms with van der Waals surface area (Å²) in [6.07, 6.45) is 1.87. The van der Waals surface area contributed by atoms with E-state index in [-0.39, 0.29) is 6.10 Å². The van der Waals surface area contributed by atoms with E-state index in [1.165, 1.54) is 10.9 Å². The number of para-hydroxylation sites is 2. The van der Waals surface area contributed by atoms with Crippen LogP contribution in [0.5, 0.6) is 5.75 Å². The van der Waals surface area contributed by atoms with E-state index in [1.54, 1.807) is 7.11 Å². The third-order valence-electron chi connectivity index (χ3n) is 5.27. The van der Waals surface area contributed by atoms with E-state index in [0.29, 0.717) is 6.61 Å². The van der Waals surface area contributed by atoms with Crippen molar-refractivity contribution in [3.05, 3.63) is 72.4 Å². The normalized spacial score (nSPS) is 17.2. The summed E-state index contributed by atoms with van der Waals surface area (Å²) in [5.41, 5.74) is 3.01. The van der Waals surface area contributed by atoms with Crippen LogP contribution in [0.1, 0.15) is 11.7 Å². The number of fused-ring (bicyclic) bond motifs is 2. The van der Waals surface area contributed by atoms with Crippen LogP contribution in [0.15, 0.2) is 66.9 Å². The van der Waals surface area contributed by atoms with Gasteiger partial charge in [0.15, 0.2) is 0 Å². The van der Waals surface area contributed by atoms with Gasteiger partial charge in [-0.25, -0.2) is 4.98 Å². The van der Waals surface area contributed by atoms with Crippen molar-refractivity contribution in [1.29, 1.82) is 0 Å². The summed E-state index contributed by atoms with van der Waals surface area (Å²) in [5, 5.41) is 2.35. The van der Waals surface area contributed by atoms with Crippen molar-refractivity contribution >= 4 is 27.6 Å². The topological polar surface area (TPSA) is 47.5 Å². The summed E-state index contributed by atoms with van der Waals surface area (Å²) in [4.78, 5) is 11.6. The Labute approximate surface area is 163 Å². The van der Waals surface area contributed by atoms with Crippen LogP contribution in [-0.4, -0.2) is 36.8 Å². The number of aromatic nitrogens is 2. The number of rotatable bonds is 3. The maximum Gasteiger partial charge on any atom is 0.148 e. The van der Waals surface area contributed by atoms with Gasteiger partial charge in [-0.2, -0.15) is 0 Å². The number of methoxy groups -OCH3 is 1. The van der Waals surface area contributed by atoms with Gasteiger partial charge in [0.1, 0.15) is 17.7 Å². The van der Waals surface area contributed by atoms with E-state index in [0.717, 1.165) is 41.1 Å². The molecule has 2 heterocycles. The van der Waals surface area contributed by atoms with E-state index < -0.39 is 0 Å². The molecule has 0 aliphatic carbocycles. The average molecular weight is 371 g/mol. The molecule has 0 unspecified atom stereocenters. The van der Waals surface area contributed by atoms with Gasteiger partial charge >= 0.3 is 0 Å². The zero-order valence-corrected chi connectivity index (χ0v) is 15.7. The number of benzene rings is 3. The van der Waals surface area contributed by atoms with Crippen LogP contribution in [0.3, 0.4) is 0 Å². The van der Waals surface area contributed by atoms with E-state index >= 15 is 0 Å². The van der Waals surface area contributed by atoms with Crippen molar-refractivity contribution < 1.29 is 9.47 Å². The molecule has 1 aliphatic heterocycles. The van der Waals surface area contributed by atoms with Gasteiger partial charge in [-0.1, -0.05) is 30.3 Å². The molecular formula is C23H21N3O2.